The molecule has 0 bridgehead atoms. The number of nitrogens with zero attached hydrogens (tertiary/aromatic N) is 2. The van der Waals surface area contributed by atoms with Crippen molar-refractivity contribution in [2.75, 3.05) is 5.32 Å². The molecular formula is C17H14ClN3O2. The van der Waals surface area contributed by atoms with Crippen LogP contribution in [0.1, 0.15) is 21.8 Å². The van der Waals surface area contributed by atoms with E-state index in [1.54, 1.807) is 24.3 Å². The molecular weight excluding hydrogens is 314 g/mol. The largest absolute Gasteiger partial charge is 0.412 e. The van der Waals surface area contributed by atoms with E-state index in [0.29, 0.717) is 16.3 Å². The highest BCUT2D eigenvalue weighted by Crippen LogP contribution is 2.22. The molecule has 5 nitrogen and oxygen atoms in total. The summed E-state index contributed by atoms with van der Waals surface area (Å²) in [5.74, 6) is -0.298. The van der Waals surface area contributed by atoms with Crippen LogP contribution in [-0.2, 0) is 0 Å². The third kappa shape index (κ3) is 3.57. The third-order valence-electron chi connectivity index (χ3n) is 3.17. The number of carbonyl (C=O) groups is 1. The number of hydrogen-bond donors (Lipinski definition) is 1. The van der Waals surface area contributed by atoms with Gasteiger partial charge in [0.05, 0.1) is 0 Å². The van der Waals surface area contributed by atoms with Crippen LogP contribution in [0.5, 0.6) is 0 Å². The monoisotopic (exact) mass is 327 g/mol. The third-order valence-corrected chi connectivity index (χ3v) is 3.41. The first-order chi connectivity index (χ1) is 11.0. The highest BCUT2D eigenvalue weighted by Gasteiger charge is 2.16. The second-order valence-electron chi connectivity index (χ2n) is 5.25. The van der Waals surface area contributed by atoms with Crippen molar-refractivity contribution in [1.29, 1.82) is 0 Å². The van der Waals surface area contributed by atoms with Crippen molar-refractivity contribution in [3.8, 4) is 11.5 Å². The Morgan fingerprint density at radius 1 is 1.09 bits per heavy atom. The predicted octanol–water partition coefficient (Wildman–Crippen LogP) is 4.26. The first kappa shape index (κ1) is 15.2. The molecule has 1 amide bonds. The zero-order valence-electron chi connectivity index (χ0n) is 12.6. The van der Waals surface area contributed by atoms with Gasteiger partial charge in [0.25, 0.3) is 0 Å². The highest BCUT2D eigenvalue weighted by atomic mass is 35.5. The van der Waals surface area contributed by atoms with Crippen molar-refractivity contribution in [2.24, 2.45) is 0 Å². The average molecular weight is 328 g/mol. The van der Waals surface area contributed by atoms with E-state index in [1.807, 2.05) is 32.0 Å². The number of nitrogens with one attached hydrogen (secondary N) is 1. The summed E-state index contributed by atoms with van der Waals surface area (Å²) >= 11 is 5.93. The zero-order valence-corrected chi connectivity index (χ0v) is 13.4. The Morgan fingerprint density at radius 2 is 1.83 bits per heavy atom. The Balaban J connectivity index is 1.81. The number of benzene rings is 2. The quantitative estimate of drug-likeness (QED) is 0.780. The molecule has 3 rings (SSSR count). The summed E-state index contributed by atoms with van der Waals surface area (Å²) in [5.41, 5.74) is 3.47. The van der Waals surface area contributed by atoms with E-state index in [2.05, 4.69) is 15.5 Å². The number of halogens is 1. The lowest BCUT2D eigenvalue weighted by molar-refractivity contribution is 0.0991. The smallest absolute Gasteiger partial charge is 0.313 e. The summed E-state index contributed by atoms with van der Waals surface area (Å²) in [6.45, 7) is 3.93. The molecule has 0 fully saturated rings. The zero-order chi connectivity index (χ0) is 16.4. The van der Waals surface area contributed by atoms with Crippen LogP contribution in [0.25, 0.3) is 11.5 Å². The Kier molecular flexibility index (Phi) is 4.12. The van der Waals surface area contributed by atoms with Crippen LogP contribution in [0.3, 0.4) is 0 Å². The molecule has 0 aliphatic heterocycles. The van der Waals surface area contributed by atoms with Gasteiger partial charge in [0.15, 0.2) is 0 Å². The summed E-state index contributed by atoms with van der Waals surface area (Å²) in [5, 5.41) is 11.0. The summed E-state index contributed by atoms with van der Waals surface area (Å²) in [6.07, 6.45) is 0. The van der Waals surface area contributed by atoms with Crippen LogP contribution < -0.4 is 5.32 Å². The van der Waals surface area contributed by atoms with Gasteiger partial charge in [-0.05, 0) is 55.3 Å². The Hall–Kier alpha value is -2.66. The minimum absolute atomic E-state index is 0.0980. The fourth-order valence-corrected chi connectivity index (χ4v) is 2.47. The number of aryl methyl sites for hydroxylation is 2. The minimum Gasteiger partial charge on any atom is -0.412 e. The van der Waals surface area contributed by atoms with Crippen LogP contribution in [0.2, 0.25) is 5.02 Å². The van der Waals surface area contributed by atoms with E-state index < -0.39 is 5.91 Å². The Labute approximate surface area is 138 Å². The van der Waals surface area contributed by atoms with Gasteiger partial charge in [-0.1, -0.05) is 23.7 Å². The molecule has 116 valence electrons. The predicted molar refractivity (Wildman–Crippen MR) is 88.6 cm³/mol. The second-order valence-corrected chi connectivity index (χ2v) is 5.69. The maximum atomic E-state index is 12.2. The van der Waals surface area contributed by atoms with E-state index in [9.17, 15) is 4.79 Å². The second kappa shape index (κ2) is 6.22. The normalized spacial score (nSPS) is 10.6. The summed E-state index contributed by atoms with van der Waals surface area (Å²) in [7, 11) is 0. The van der Waals surface area contributed by atoms with Gasteiger partial charge in [-0.2, -0.15) is 0 Å². The van der Waals surface area contributed by atoms with E-state index >= 15 is 0 Å². The van der Waals surface area contributed by atoms with Gasteiger partial charge in [-0.25, -0.2) is 0 Å². The Bertz CT molecular complexity index is 854. The van der Waals surface area contributed by atoms with Crippen LogP contribution in [-0.4, -0.2) is 16.1 Å². The van der Waals surface area contributed by atoms with E-state index in [1.165, 1.54) is 0 Å². The lowest BCUT2D eigenvalue weighted by Crippen LogP contribution is -2.12. The van der Waals surface area contributed by atoms with Gasteiger partial charge in [0, 0.05) is 16.3 Å². The van der Waals surface area contributed by atoms with E-state index in [-0.39, 0.29) is 11.8 Å². The molecule has 6 heteroatoms. The highest BCUT2D eigenvalue weighted by molar-refractivity contribution is 6.30. The first-order valence-corrected chi connectivity index (χ1v) is 7.38. The van der Waals surface area contributed by atoms with Crippen molar-refractivity contribution in [1.82, 2.24) is 10.2 Å². The molecule has 1 aromatic heterocycles. The van der Waals surface area contributed by atoms with Crippen molar-refractivity contribution in [3.05, 3.63) is 64.5 Å². The minimum atomic E-state index is -0.448. The number of amides is 1. The van der Waals surface area contributed by atoms with Crippen molar-refractivity contribution < 1.29 is 9.21 Å². The molecule has 0 atom stereocenters. The molecule has 0 aliphatic rings. The maximum Gasteiger partial charge on any atom is 0.313 e. The van der Waals surface area contributed by atoms with Gasteiger partial charge in [0.2, 0.25) is 5.89 Å². The molecule has 3 aromatic rings. The molecule has 2 aromatic carbocycles. The molecule has 0 aliphatic carbocycles. The topological polar surface area (TPSA) is 68.0 Å². The number of hydrogen-bond acceptors (Lipinski definition) is 4. The standard InChI is InChI=1S/C17H14ClN3O2/c1-10-6-11(2)8-14(7-10)19-15(22)17-21-20-16(23-17)12-4-3-5-13(18)9-12/h3-9H,1-2H3,(H,19,22). The lowest BCUT2D eigenvalue weighted by Gasteiger charge is -2.05. The van der Waals surface area contributed by atoms with E-state index in [0.717, 1.165) is 11.1 Å². The fourth-order valence-electron chi connectivity index (χ4n) is 2.28. The van der Waals surface area contributed by atoms with Crippen LogP contribution in [0.15, 0.2) is 46.9 Å². The first-order valence-electron chi connectivity index (χ1n) is 7.00. The summed E-state index contributed by atoms with van der Waals surface area (Å²) < 4.78 is 5.43. The van der Waals surface area contributed by atoms with Crippen molar-refractivity contribution in [2.45, 2.75) is 13.8 Å². The van der Waals surface area contributed by atoms with Gasteiger partial charge in [-0.3, -0.25) is 4.79 Å². The van der Waals surface area contributed by atoms with Crippen LogP contribution in [0, 0.1) is 13.8 Å². The summed E-state index contributed by atoms with van der Waals surface area (Å²) in [4.78, 5) is 12.2. The van der Waals surface area contributed by atoms with Crippen molar-refractivity contribution in [3.63, 3.8) is 0 Å². The lowest BCUT2D eigenvalue weighted by atomic mass is 10.1. The van der Waals surface area contributed by atoms with Crippen LogP contribution in [0.4, 0.5) is 5.69 Å². The van der Waals surface area contributed by atoms with Crippen molar-refractivity contribution >= 4 is 23.2 Å². The van der Waals surface area contributed by atoms with Gasteiger partial charge < -0.3 is 9.73 Å². The molecule has 23 heavy (non-hydrogen) atoms. The average Bonchev–Trinajstić information content (AvgIpc) is 2.96. The molecule has 0 radical (unpaired) electrons. The maximum absolute atomic E-state index is 12.2. The number of carbonyl (C=O) groups excluding carboxylic acids is 1. The van der Waals surface area contributed by atoms with Crippen LogP contribution >= 0.6 is 11.6 Å². The Morgan fingerprint density at radius 3 is 2.52 bits per heavy atom. The van der Waals surface area contributed by atoms with Gasteiger partial charge in [0.1, 0.15) is 0 Å². The van der Waals surface area contributed by atoms with Gasteiger partial charge >= 0.3 is 11.8 Å². The van der Waals surface area contributed by atoms with E-state index in [4.69, 9.17) is 16.0 Å². The molecule has 1 N–H and O–H groups in total. The fraction of sp³-hybridized carbons (Fsp3) is 0.118. The molecule has 0 spiro atoms. The number of rotatable bonds is 3. The molecule has 0 saturated carbocycles. The molecule has 1 heterocycles. The summed E-state index contributed by atoms with van der Waals surface area (Å²) in [6, 6.07) is 12.8. The SMILES string of the molecule is Cc1cc(C)cc(NC(=O)c2nnc(-c3cccc(Cl)c3)o2)c1. The molecule has 0 saturated heterocycles. The molecule has 0 unspecified atom stereocenters. The number of aromatic nitrogens is 2. The van der Waals surface area contributed by atoms with Gasteiger partial charge in [-0.15, -0.1) is 10.2 Å². The number of anilines is 1.